The number of nitrogens with one attached hydrogen (secondary N) is 1. The summed E-state index contributed by atoms with van der Waals surface area (Å²) in [5, 5.41) is 3.81. The van der Waals surface area contributed by atoms with Crippen molar-refractivity contribution in [2.75, 3.05) is 26.1 Å². The van der Waals surface area contributed by atoms with Crippen LogP contribution >= 0.6 is 11.6 Å². The molecule has 8 nitrogen and oxygen atoms in total. The highest BCUT2D eigenvalue weighted by Gasteiger charge is 2.09. The van der Waals surface area contributed by atoms with Crippen molar-refractivity contribution in [3.8, 4) is 23.5 Å². The third-order valence-electron chi connectivity index (χ3n) is 4.04. The van der Waals surface area contributed by atoms with E-state index in [9.17, 15) is 0 Å². The van der Waals surface area contributed by atoms with Crippen LogP contribution < -0.4 is 19.5 Å². The molecule has 29 heavy (non-hydrogen) atoms. The second-order valence-corrected chi connectivity index (χ2v) is 6.55. The lowest BCUT2D eigenvalue weighted by Crippen LogP contribution is -2.09. The molecule has 0 atom stereocenters. The quantitative estimate of drug-likeness (QED) is 0.590. The largest absolute Gasteiger partial charge is 0.481 e. The predicted octanol–water partition coefficient (Wildman–Crippen LogP) is 4.00. The van der Waals surface area contributed by atoms with Crippen molar-refractivity contribution in [2.45, 2.75) is 20.3 Å². The van der Waals surface area contributed by atoms with Crippen LogP contribution in [0, 0.1) is 13.8 Å². The fourth-order valence-corrected chi connectivity index (χ4v) is 2.76. The highest BCUT2D eigenvalue weighted by molar-refractivity contribution is 6.33. The van der Waals surface area contributed by atoms with Crippen LogP contribution in [0.3, 0.4) is 0 Å². The number of nitrogens with zero attached hydrogens (tertiary/aromatic N) is 4. The van der Waals surface area contributed by atoms with Crippen LogP contribution in [0.15, 0.2) is 30.3 Å². The van der Waals surface area contributed by atoms with Crippen molar-refractivity contribution in [1.29, 1.82) is 0 Å². The standard InChI is InChI=1S/C20H22ClN5O3/c1-12-18(21)19(24-13(2)23-12)22-10-9-14-5-7-15(8-6-14)29-20-25-16(27-3)11-17(26-20)28-4/h5-8,11H,9-10H2,1-4H3,(H,22,23,24). The molecule has 1 N–H and O–H groups in total. The molecule has 9 heteroatoms. The summed E-state index contributed by atoms with van der Waals surface area (Å²) >= 11 is 6.25. The van der Waals surface area contributed by atoms with E-state index in [0.29, 0.717) is 40.7 Å². The summed E-state index contributed by atoms with van der Waals surface area (Å²) in [4.78, 5) is 16.9. The van der Waals surface area contributed by atoms with E-state index in [1.54, 1.807) is 6.07 Å². The molecule has 0 saturated carbocycles. The number of hydrogen-bond acceptors (Lipinski definition) is 8. The monoisotopic (exact) mass is 415 g/mol. The Kier molecular flexibility index (Phi) is 6.66. The molecule has 0 aliphatic rings. The third kappa shape index (κ3) is 5.45. The molecule has 3 rings (SSSR count). The minimum atomic E-state index is 0.153. The van der Waals surface area contributed by atoms with Crippen LogP contribution in [0.1, 0.15) is 17.1 Å². The van der Waals surface area contributed by atoms with Crippen LogP contribution in [0.2, 0.25) is 5.02 Å². The van der Waals surface area contributed by atoms with Crippen LogP contribution in [-0.4, -0.2) is 40.7 Å². The molecular weight excluding hydrogens is 394 g/mol. The first kappa shape index (κ1) is 20.6. The van der Waals surface area contributed by atoms with E-state index in [1.807, 2.05) is 38.1 Å². The van der Waals surface area contributed by atoms with Crippen molar-refractivity contribution in [2.24, 2.45) is 0 Å². The van der Waals surface area contributed by atoms with Gasteiger partial charge in [0.15, 0.2) is 0 Å². The SMILES string of the molecule is COc1cc(OC)nc(Oc2ccc(CCNc3nc(C)nc(C)c3Cl)cc2)n1. The summed E-state index contributed by atoms with van der Waals surface area (Å²) in [7, 11) is 3.04. The summed E-state index contributed by atoms with van der Waals surface area (Å²) in [6.07, 6.45) is 0.794. The molecule has 0 bridgehead atoms. The molecule has 0 saturated heterocycles. The summed E-state index contributed by atoms with van der Waals surface area (Å²) in [6.45, 7) is 4.39. The van der Waals surface area contributed by atoms with Crippen LogP contribution in [0.5, 0.6) is 23.5 Å². The Labute approximate surface area is 174 Å². The first-order valence-electron chi connectivity index (χ1n) is 8.97. The number of rotatable bonds is 8. The summed E-state index contributed by atoms with van der Waals surface area (Å²) in [5.74, 6) is 2.68. The summed E-state index contributed by atoms with van der Waals surface area (Å²) in [5.41, 5.74) is 1.90. The summed E-state index contributed by atoms with van der Waals surface area (Å²) < 4.78 is 15.9. The van der Waals surface area contributed by atoms with Crippen LogP contribution in [0.4, 0.5) is 5.82 Å². The van der Waals surface area contributed by atoms with Gasteiger partial charge in [0, 0.05) is 6.54 Å². The lowest BCUT2D eigenvalue weighted by atomic mass is 10.1. The highest BCUT2D eigenvalue weighted by Crippen LogP contribution is 2.24. The lowest BCUT2D eigenvalue weighted by Gasteiger charge is -2.10. The van der Waals surface area contributed by atoms with E-state index in [2.05, 4.69) is 25.3 Å². The van der Waals surface area contributed by atoms with Gasteiger partial charge in [-0.15, -0.1) is 0 Å². The summed E-state index contributed by atoms with van der Waals surface area (Å²) in [6, 6.07) is 9.40. The fourth-order valence-electron chi connectivity index (χ4n) is 2.61. The Morgan fingerprint density at radius 3 is 2.21 bits per heavy atom. The number of halogens is 1. The fraction of sp³-hybridized carbons (Fsp3) is 0.300. The van der Waals surface area contributed by atoms with Gasteiger partial charge in [-0.3, -0.25) is 0 Å². The maximum atomic E-state index is 6.25. The molecule has 0 unspecified atom stereocenters. The Morgan fingerprint density at radius 1 is 0.931 bits per heavy atom. The number of benzene rings is 1. The molecule has 1 aromatic carbocycles. The minimum absolute atomic E-state index is 0.153. The molecule has 0 radical (unpaired) electrons. The minimum Gasteiger partial charge on any atom is -0.481 e. The van der Waals surface area contributed by atoms with E-state index >= 15 is 0 Å². The number of aryl methyl sites for hydroxylation is 2. The van der Waals surface area contributed by atoms with Crippen molar-refractivity contribution in [1.82, 2.24) is 19.9 Å². The van der Waals surface area contributed by atoms with Gasteiger partial charge in [0.05, 0.1) is 26.0 Å². The number of aromatic nitrogens is 4. The molecule has 0 aliphatic carbocycles. The van der Waals surface area contributed by atoms with Gasteiger partial charge < -0.3 is 19.5 Å². The molecule has 0 amide bonds. The average molecular weight is 416 g/mol. The molecule has 2 heterocycles. The number of hydrogen-bond donors (Lipinski definition) is 1. The smallest absolute Gasteiger partial charge is 0.328 e. The van der Waals surface area contributed by atoms with Crippen LogP contribution in [-0.2, 0) is 6.42 Å². The third-order valence-corrected chi connectivity index (χ3v) is 4.50. The highest BCUT2D eigenvalue weighted by atomic mass is 35.5. The van der Waals surface area contributed by atoms with Gasteiger partial charge in [-0.05, 0) is 38.0 Å². The topological polar surface area (TPSA) is 91.3 Å². The zero-order valence-electron chi connectivity index (χ0n) is 16.7. The second kappa shape index (κ2) is 9.38. The maximum Gasteiger partial charge on any atom is 0.328 e. The zero-order chi connectivity index (χ0) is 20.8. The Hall–Kier alpha value is -3.13. The van der Waals surface area contributed by atoms with Crippen molar-refractivity contribution >= 4 is 17.4 Å². The molecule has 2 aromatic heterocycles. The Morgan fingerprint density at radius 2 is 1.59 bits per heavy atom. The first-order valence-corrected chi connectivity index (χ1v) is 9.34. The van der Waals surface area contributed by atoms with Crippen molar-refractivity contribution in [3.63, 3.8) is 0 Å². The van der Waals surface area contributed by atoms with E-state index in [0.717, 1.165) is 17.7 Å². The normalized spacial score (nSPS) is 10.5. The number of methoxy groups -OCH3 is 2. The van der Waals surface area contributed by atoms with Crippen molar-refractivity contribution in [3.05, 3.63) is 52.4 Å². The van der Waals surface area contributed by atoms with E-state index in [4.69, 9.17) is 25.8 Å². The molecule has 152 valence electrons. The van der Waals surface area contributed by atoms with Gasteiger partial charge in [-0.25, -0.2) is 9.97 Å². The van der Waals surface area contributed by atoms with Gasteiger partial charge in [-0.2, -0.15) is 9.97 Å². The zero-order valence-corrected chi connectivity index (χ0v) is 17.4. The first-order chi connectivity index (χ1) is 14.0. The lowest BCUT2D eigenvalue weighted by molar-refractivity contribution is 0.348. The number of ether oxygens (including phenoxy) is 3. The van der Waals surface area contributed by atoms with Gasteiger partial charge in [0.2, 0.25) is 11.8 Å². The van der Waals surface area contributed by atoms with E-state index < -0.39 is 0 Å². The predicted molar refractivity (Wildman–Crippen MR) is 110 cm³/mol. The Balaban J connectivity index is 1.59. The molecule has 0 spiro atoms. The van der Waals surface area contributed by atoms with E-state index in [-0.39, 0.29) is 6.01 Å². The number of anilines is 1. The molecule has 0 fully saturated rings. The van der Waals surface area contributed by atoms with Gasteiger partial charge in [-0.1, -0.05) is 23.7 Å². The van der Waals surface area contributed by atoms with Crippen LogP contribution in [0.25, 0.3) is 0 Å². The van der Waals surface area contributed by atoms with Gasteiger partial charge in [0.1, 0.15) is 22.4 Å². The molecule has 3 aromatic rings. The van der Waals surface area contributed by atoms with E-state index in [1.165, 1.54) is 14.2 Å². The average Bonchev–Trinajstić information content (AvgIpc) is 2.72. The van der Waals surface area contributed by atoms with Crippen molar-refractivity contribution < 1.29 is 14.2 Å². The second-order valence-electron chi connectivity index (χ2n) is 6.18. The van der Waals surface area contributed by atoms with Gasteiger partial charge in [0.25, 0.3) is 0 Å². The van der Waals surface area contributed by atoms with Gasteiger partial charge >= 0.3 is 6.01 Å². The molecular formula is C20H22ClN5O3. The molecule has 0 aliphatic heterocycles. The Bertz CT molecular complexity index is 960. The maximum absolute atomic E-state index is 6.25.